The predicted octanol–water partition coefficient (Wildman–Crippen LogP) is 2.85. The number of hydrogen-bond donors (Lipinski definition) is 2. The molecule has 0 aliphatic carbocycles. The average molecular weight is 516 g/mol. The van der Waals surface area contributed by atoms with E-state index in [9.17, 15) is 8.42 Å². The fraction of sp³-hybridized carbons (Fsp3) is 0.350. The Labute approximate surface area is 185 Å². The first-order valence-corrected chi connectivity index (χ1v) is 10.4. The molecule has 0 spiro atoms. The first-order chi connectivity index (χ1) is 12.9. The third kappa shape index (κ3) is 7.06. The molecule has 2 rings (SSSR count). The van der Waals surface area contributed by atoms with Gasteiger partial charge in [-0.2, -0.15) is 0 Å². The maximum absolute atomic E-state index is 12.5. The maximum Gasteiger partial charge on any atom is 0.242 e. The number of benzene rings is 2. The van der Waals surface area contributed by atoms with Gasteiger partial charge >= 0.3 is 0 Å². The highest BCUT2D eigenvalue weighted by Gasteiger charge is 2.20. The number of hydrogen-bond acceptors (Lipinski definition) is 3. The summed E-state index contributed by atoms with van der Waals surface area (Å²) in [5.74, 6) is 0.653. The van der Waals surface area contributed by atoms with E-state index < -0.39 is 10.0 Å². The van der Waals surface area contributed by atoms with Crippen LogP contribution in [0.2, 0.25) is 0 Å². The number of aryl methyl sites for hydroxylation is 1. The van der Waals surface area contributed by atoms with Crippen molar-refractivity contribution in [3.05, 3.63) is 65.7 Å². The van der Waals surface area contributed by atoms with Crippen LogP contribution in [0.4, 0.5) is 0 Å². The Morgan fingerprint density at radius 3 is 2.29 bits per heavy atom. The molecular formula is C20H29IN4O2S. The summed E-state index contributed by atoms with van der Waals surface area (Å²) in [6.07, 6.45) is 1.98. The molecule has 0 aliphatic rings. The van der Waals surface area contributed by atoms with E-state index in [2.05, 4.69) is 27.8 Å². The predicted molar refractivity (Wildman–Crippen MR) is 126 cm³/mol. The van der Waals surface area contributed by atoms with Gasteiger partial charge in [-0.15, -0.1) is 24.0 Å². The Morgan fingerprint density at radius 1 is 1.00 bits per heavy atom. The molecule has 2 N–H and O–H groups in total. The van der Waals surface area contributed by atoms with Gasteiger partial charge in [0, 0.05) is 34.2 Å². The molecule has 0 unspecified atom stereocenters. The Kier molecular flexibility index (Phi) is 10.5. The molecule has 0 fully saturated rings. The van der Waals surface area contributed by atoms with Gasteiger partial charge in [0.2, 0.25) is 10.0 Å². The van der Waals surface area contributed by atoms with Gasteiger partial charge in [-0.1, -0.05) is 48.5 Å². The smallest absolute Gasteiger partial charge is 0.242 e. The van der Waals surface area contributed by atoms with Crippen molar-refractivity contribution in [2.45, 2.75) is 24.3 Å². The average Bonchev–Trinajstić information content (AvgIpc) is 2.68. The van der Waals surface area contributed by atoms with Crippen LogP contribution in [0.3, 0.4) is 0 Å². The summed E-state index contributed by atoms with van der Waals surface area (Å²) in [5, 5.41) is 6.46. The van der Waals surface area contributed by atoms with Gasteiger partial charge < -0.3 is 10.6 Å². The second kappa shape index (κ2) is 12.0. The molecule has 2 aromatic carbocycles. The third-order valence-corrected chi connectivity index (χ3v) is 6.09. The van der Waals surface area contributed by atoms with E-state index in [1.165, 1.54) is 24.0 Å². The molecule has 0 aromatic heterocycles. The highest BCUT2D eigenvalue weighted by Crippen LogP contribution is 2.18. The van der Waals surface area contributed by atoms with Crippen LogP contribution in [0.1, 0.15) is 17.5 Å². The summed E-state index contributed by atoms with van der Waals surface area (Å²) < 4.78 is 26.2. The lowest BCUT2D eigenvalue weighted by Crippen LogP contribution is -2.37. The van der Waals surface area contributed by atoms with Crippen LogP contribution in [-0.4, -0.2) is 46.4 Å². The highest BCUT2D eigenvalue weighted by molar-refractivity contribution is 14.0. The molecule has 0 saturated carbocycles. The summed E-state index contributed by atoms with van der Waals surface area (Å²) in [6, 6.07) is 17.4. The van der Waals surface area contributed by atoms with Crippen molar-refractivity contribution in [3.63, 3.8) is 0 Å². The zero-order chi connectivity index (χ0) is 19.7. The van der Waals surface area contributed by atoms with Crippen LogP contribution < -0.4 is 10.6 Å². The fourth-order valence-electron chi connectivity index (χ4n) is 2.64. The van der Waals surface area contributed by atoms with Gasteiger partial charge in [0.15, 0.2) is 5.96 Å². The van der Waals surface area contributed by atoms with Crippen molar-refractivity contribution in [2.75, 3.05) is 27.7 Å². The molecule has 0 heterocycles. The van der Waals surface area contributed by atoms with Crippen LogP contribution in [-0.2, 0) is 23.0 Å². The topological polar surface area (TPSA) is 73.8 Å². The molecule has 0 atom stereocenters. The van der Waals surface area contributed by atoms with Crippen molar-refractivity contribution >= 4 is 40.0 Å². The molecule has 2 aromatic rings. The first kappa shape index (κ1) is 24.4. The molecule has 28 heavy (non-hydrogen) atoms. The van der Waals surface area contributed by atoms with Crippen LogP contribution >= 0.6 is 24.0 Å². The SMILES string of the molecule is CN=C(NCCCc1ccccc1)NCc1ccccc1S(=O)(=O)N(C)C.I. The monoisotopic (exact) mass is 516 g/mol. The lowest BCUT2D eigenvalue weighted by molar-refractivity contribution is 0.519. The van der Waals surface area contributed by atoms with E-state index in [4.69, 9.17) is 0 Å². The van der Waals surface area contributed by atoms with Gasteiger partial charge in [-0.25, -0.2) is 12.7 Å². The zero-order valence-corrected chi connectivity index (χ0v) is 19.7. The largest absolute Gasteiger partial charge is 0.356 e. The Morgan fingerprint density at radius 2 is 1.64 bits per heavy atom. The molecule has 0 saturated heterocycles. The van der Waals surface area contributed by atoms with Gasteiger partial charge in [0.1, 0.15) is 0 Å². The van der Waals surface area contributed by atoms with Crippen LogP contribution in [0, 0.1) is 0 Å². The van der Waals surface area contributed by atoms with Crippen molar-refractivity contribution in [1.29, 1.82) is 0 Å². The molecule has 0 aliphatic heterocycles. The van der Waals surface area contributed by atoms with Crippen molar-refractivity contribution in [1.82, 2.24) is 14.9 Å². The summed E-state index contributed by atoms with van der Waals surface area (Å²) in [6.45, 7) is 1.16. The van der Waals surface area contributed by atoms with E-state index >= 15 is 0 Å². The fourth-order valence-corrected chi connectivity index (χ4v) is 3.76. The normalized spacial score (nSPS) is 11.8. The van der Waals surface area contributed by atoms with Crippen molar-refractivity contribution < 1.29 is 8.42 Å². The van der Waals surface area contributed by atoms with Crippen molar-refractivity contribution in [3.8, 4) is 0 Å². The molecule has 0 amide bonds. The van der Waals surface area contributed by atoms with E-state index in [1.807, 2.05) is 30.3 Å². The van der Waals surface area contributed by atoms with Crippen LogP contribution in [0.15, 0.2) is 64.5 Å². The molecule has 154 valence electrons. The number of guanidine groups is 1. The van der Waals surface area contributed by atoms with Crippen LogP contribution in [0.5, 0.6) is 0 Å². The minimum atomic E-state index is -3.48. The van der Waals surface area contributed by atoms with Crippen molar-refractivity contribution in [2.24, 2.45) is 4.99 Å². The Bertz CT molecular complexity index is 856. The molecule has 0 bridgehead atoms. The van der Waals surface area contributed by atoms with Gasteiger partial charge in [0.25, 0.3) is 0 Å². The minimum Gasteiger partial charge on any atom is -0.356 e. The third-order valence-electron chi connectivity index (χ3n) is 4.18. The van der Waals surface area contributed by atoms with E-state index in [0.717, 1.165) is 19.4 Å². The quantitative estimate of drug-likeness (QED) is 0.245. The highest BCUT2D eigenvalue weighted by atomic mass is 127. The lowest BCUT2D eigenvalue weighted by atomic mass is 10.1. The first-order valence-electron chi connectivity index (χ1n) is 8.94. The summed E-state index contributed by atoms with van der Waals surface area (Å²) in [4.78, 5) is 4.52. The number of aliphatic imine (C=N–C) groups is 1. The van der Waals surface area contributed by atoms with Gasteiger partial charge in [0.05, 0.1) is 4.90 Å². The van der Waals surface area contributed by atoms with E-state index in [1.54, 1.807) is 19.2 Å². The molecular weight excluding hydrogens is 487 g/mol. The lowest BCUT2D eigenvalue weighted by Gasteiger charge is -2.17. The zero-order valence-electron chi connectivity index (χ0n) is 16.6. The van der Waals surface area contributed by atoms with E-state index in [-0.39, 0.29) is 24.0 Å². The summed E-state index contributed by atoms with van der Waals surface area (Å²) in [7, 11) is 1.29. The number of nitrogens with zero attached hydrogens (tertiary/aromatic N) is 2. The molecule has 8 heteroatoms. The number of rotatable bonds is 8. The van der Waals surface area contributed by atoms with Crippen LogP contribution in [0.25, 0.3) is 0 Å². The Balaban J connectivity index is 0.00000392. The van der Waals surface area contributed by atoms with Gasteiger partial charge in [-0.05, 0) is 30.0 Å². The molecule has 6 nitrogen and oxygen atoms in total. The second-order valence-electron chi connectivity index (χ2n) is 6.34. The maximum atomic E-state index is 12.5. The van der Waals surface area contributed by atoms with E-state index in [0.29, 0.717) is 23.0 Å². The number of halogens is 1. The number of nitrogens with one attached hydrogen (secondary N) is 2. The summed E-state index contributed by atoms with van der Waals surface area (Å²) in [5.41, 5.74) is 2.02. The molecule has 0 radical (unpaired) electrons. The summed E-state index contributed by atoms with van der Waals surface area (Å²) >= 11 is 0. The Hall–Kier alpha value is -1.65. The second-order valence-corrected chi connectivity index (χ2v) is 8.46. The van der Waals surface area contributed by atoms with Gasteiger partial charge in [-0.3, -0.25) is 4.99 Å². The minimum absolute atomic E-state index is 0. The standard InChI is InChI=1S/C20H28N4O2S.HI/c1-21-20(22-15-9-12-17-10-5-4-6-11-17)23-16-18-13-7-8-14-19(18)27(25,26)24(2)3;/h4-8,10-11,13-14H,9,12,15-16H2,1-3H3,(H2,21,22,23);1H. The number of sulfonamides is 1.